The summed E-state index contributed by atoms with van der Waals surface area (Å²) in [6.07, 6.45) is 1.94. The van der Waals surface area contributed by atoms with Crippen LogP contribution < -0.4 is 10.0 Å². The van der Waals surface area contributed by atoms with Gasteiger partial charge < -0.3 is 5.32 Å². The average Bonchev–Trinajstić information content (AvgIpc) is 3.09. The van der Waals surface area contributed by atoms with E-state index < -0.39 is 10.0 Å². The van der Waals surface area contributed by atoms with Crippen molar-refractivity contribution in [3.63, 3.8) is 0 Å². The lowest BCUT2D eigenvalue weighted by atomic mass is 10.1. The van der Waals surface area contributed by atoms with Gasteiger partial charge in [0.25, 0.3) is 0 Å². The summed E-state index contributed by atoms with van der Waals surface area (Å²) in [5.74, 6) is 0.0685. The molecule has 0 unspecified atom stereocenters. The molecule has 19 heavy (non-hydrogen) atoms. The van der Waals surface area contributed by atoms with Crippen molar-refractivity contribution >= 4 is 10.0 Å². The normalized spacial score (nSPS) is 15.9. The van der Waals surface area contributed by atoms with Gasteiger partial charge in [0.1, 0.15) is 0 Å². The van der Waals surface area contributed by atoms with Crippen LogP contribution in [0.3, 0.4) is 0 Å². The Kier molecular flexibility index (Phi) is 4.60. The van der Waals surface area contributed by atoms with Crippen LogP contribution in [0.15, 0.2) is 24.3 Å². The Morgan fingerprint density at radius 2 is 1.95 bits per heavy atom. The maximum atomic E-state index is 11.9. The average molecular weight is 282 g/mol. The lowest BCUT2D eigenvalue weighted by molar-refractivity contribution is 0.579. The van der Waals surface area contributed by atoms with E-state index in [1.807, 2.05) is 24.3 Å². The smallest absolute Gasteiger partial charge is 0.216 e. The van der Waals surface area contributed by atoms with E-state index >= 15 is 0 Å². The number of nitrogens with one attached hydrogen (secondary N) is 2. The maximum absolute atomic E-state index is 11.9. The van der Waals surface area contributed by atoms with Crippen molar-refractivity contribution in [1.82, 2.24) is 10.0 Å². The SMILES string of the molecule is CC(C)NCc1cccc(CS(=O)(=O)NC2CC2)c1. The molecule has 0 aliphatic heterocycles. The van der Waals surface area contributed by atoms with E-state index in [1.54, 1.807) is 0 Å². The lowest BCUT2D eigenvalue weighted by Crippen LogP contribution is -2.27. The van der Waals surface area contributed by atoms with Crippen LogP contribution in [-0.2, 0) is 22.3 Å². The van der Waals surface area contributed by atoms with Crippen LogP contribution >= 0.6 is 0 Å². The molecule has 106 valence electrons. The van der Waals surface area contributed by atoms with Gasteiger partial charge in [-0.25, -0.2) is 13.1 Å². The van der Waals surface area contributed by atoms with E-state index in [2.05, 4.69) is 23.9 Å². The molecule has 0 radical (unpaired) electrons. The Balaban J connectivity index is 1.97. The second-order valence-electron chi connectivity index (χ2n) is 5.51. The van der Waals surface area contributed by atoms with Crippen LogP contribution in [0.1, 0.15) is 37.8 Å². The molecule has 5 heteroatoms. The van der Waals surface area contributed by atoms with E-state index in [0.29, 0.717) is 6.04 Å². The Labute approximate surface area is 115 Å². The van der Waals surface area contributed by atoms with E-state index in [0.717, 1.165) is 30.5 Å². The third kappa shape index (κ3) is 5.30. The zero-order valence-electron chi connectivity index (χ0n) is 11.5. The monoisotopic (exact) mass is 282 g/mol. The number of benzene rings is 1. The fourth-order valence-corrected chi connectivity index (χ4v) is 3.31. The minimum absolute atomic E-state index is 0.0685. The summed E-state index contributed by atoms with van der Waals surface area (Å²) in [5.41, 5.74) is 1.96. The first-order chi connectivity index (χ1) is 8.94. The quantitative estimate of drug-likeness (QED) is 0.801. The van der Waals surface area contributed by atoms with Crippen LogP contribution in [-0.4, -0.2) is 20.5 Å². The summed E-state index contributed by atoms with van der Waals surface area (Å²) in [5, 5.41) is 3.33. The largest absolute Gasteiger partial charge is 0.310 e. The first kappa shape index (κ1) is 14.5. The topological polar surface area (TPSA) is 58.2 Å². The molecule has 1 aromatic rings. The zero-order chi connectivity index (χ0) is 13.9. The summed E-state index contributed by atoms with van der Waals surface area (Å²) in [4.78, 5) is 0. The Morgan fingerprint density at radius 3 is 2.58 bits per heavy atom. The molecular formula is C14H22N2O2S. The first-order valence-electron chi connectivity index (χ1n) is 6.76. The summed E-state index contributed by atoms with van der Waals surface area (Å²) in [6.45, 7) is 4.95. The molecule has 0 amide bonds. The molecule has 0 aromatic heterocycles. The standard InChI is InChI=1S/C14H22N2O2S/c1-11(2)15-9-12-4-3-5-13(8-12)10-19(17,18)16-14-6-7-14/h3-5,8,11,14-16H,6-7,9-10H2,1-2H3. The predicted molar refractivity (Wildman–Crippen MR) is 77.2 cm³/mol. The number of rotatable bonds is 7. The van der Waals surface area contributed by atoms with E-state index in [4.69, 9.17) is 0 Å². The van der Waals surface area contributed by atoms with Gasteiger partial charge in [0.15, 0.2) is 0 Å². The second kappa shape index (κ2) is 6.03. The summed E-state index contributed by atoms with van der Waals surface area (Å²) in [6, 6.07) is 8.35. The highest BCUT2D eigenvalue weighted by atomic mass is 32.2. The summed E-state index contributed by atoms with van der Waals surface area (Å²) >= 11 is 0. The van der Waals surface area contributed by atoms with Crippen LogP contribution in [0.2, 0.25) is 0 Å². The van der Waals surface area contributed by atoms with Crippen LogP contribution in [0.25, 0.3) is 0 Å². The minimum atomic E-state index is -3.19. The van der Waals surface area contributed by atoms with Crippen molar-refractivity contribution in [2.75, 3.05) is 0 Å². The van der Waals surface area contributed by atoms with Crippen molar-refractivity contribution in [3.05, 3.63) is 35.4 Å². The zero-order valence-corrected chi connectivity index (χ0v) is 12.3. The molecule has 4 nitrogen and oxygen atoms in total. The molecule has 1 aliphatic carbocycles. The van der Waals surface area contributed by atoms with E-state index in [1.165, 1.54) is 0 Å². The van der Waals surface area contributed by atoms with Crippen molar-refractivity contribution in [1.29, 1.82) is 0 Å². The molecule has 1 saturated carbocycles. The molecular weight excluding hydrogens is 260 g/mol. The van der Waals surface area contributed by atoms with Gasteiger partial charge in [-0.3, -0.25) is 0 Å². The highest BCUT2D eigenvalue weighted by Gasteiger charge is 2.26. The molecule has 1 aliphatic rings. The molecule has 0 bridgehead atoms. The number of hydrogen-bond acceptors (Lipinski definition) is 3. The summed E-state index contributed by atoms with van der Waals surface area (Å²) < 4.78 is 26.5. The molecule has 1 fully saturated rings. The van der Waals surface area contributed by atoms with Gasteiger partial charge in [0, 0.05) is 18.6 Å². The van der Waals surface area contributed by atoms with Crippen molar-refractivity contribution < 1.29 is 8.42 Å². The Bertz CT molecular complexity index is 522. The minimum Gasteiger partial charge on any atom is -0.310 e. The van der Waals surface area contributed by atoms with Crippen LogP contribution in [0, 0.1) is 0 Å². The lowest BCUT2D eigenvalue weighted by Gasteiger charge is -2.10. The molecule has 0 atom stereocenters. The molecule has 2 N–H and O–H groups in total. The van der Waals surface area contributed by atoms with Crippen LogP contribution in [0.4, 0.5) is 0 Å². The fraction of sp³-hybridized carbons (Fsp3) is 0.571. The maximum Gasteiger partial charge on any atom is 0.216 e. The summed E-state index contributed by atoms with van der Waals surface area (Å²) in [7, 11) is -3.19. The van der Waals surface area contributed by atoms with Crippen LogP contribution in [0.5, 0.6) is 0 Å². The van der Waals surface area contributed by atoms with Gasteiger partial charge >= 0.3 is 0 Å². The van der Waals surface area contributed by atoms with Gasteiger partial charge in [0.05, 0.1) is 5.75 Å². The van der Waals surface area contributed by atoms with Gasteiger partial charge in [0.2, 0.25) is 10.0 Å². The molecule has 0 spiro atoms. The van der Waals surface area contributed by atoms with Gasteiger partial charge in [-0.1, -0.05) is 38.1 Å². The van der Waals surface area contributed by atoms with E-state index in [-0.39, 0.29) is 11.8 Å². The van der Waals surface area contributed by atoms with Gasteiger partial charge in [-0.05, 0) is 24.0 Å². The fourth-order valence-electron chi connectivity index (χ4n) is 1.87. The Hall–Kier alpha value is -0.910. The molecule has 0 saturated heterocycles. The van der Waals surface area contributed by atoms with Crippen molar-refractivity contribution in [2.45, 2.75) is 51.1 Å². The van der Waals surface area contributed by atoms with E-state index in [9.17, 15) is 8.42 Å². The predicted octanol–water partition coefficient (Wildman–Crippen LogP) is 1.77. The highest BCUT2D eigenvalue weighted by Crippen LogP contribution is 2.20. The Morgan fingerprint density at radius 1 is 1.26 bits per heavy atom. The van der Waals surface area contributed by atoms with Gasteiger partial charge in [-0.2, -0.15) is 0 Å². The molecule has 1 aromatic carbocycles. The van der Waals surface area contributed by atoms with Gasteiger partial charge in [-0.15, -0.1) is 0 Å². The third-order valence-electron chi connectivity index (χ3n) is 2.99. The van der Waals surface area contributed by atoms with Crippen molar-refractivity contribution in [2.24, 2.45) is 0 Å². The number of hydrogen-bond donors (Lipinski definition) is 2. The number of sulfonamides is 1. The highest BCUT2D eigenvalue weighted by molar-refractivity contribution is 7.88. The third-order valence-corrected chi connectivity index (χ3v) is 4.39. The molecule has 0 heterocycles. The molecule has 2 rings (SSSR count). The first-order valence-corrected chi connectivity index (χ1v) is 8.41. The second-order valence-corrected chi connectivity index (χ2v) is 7.26. The van der Waals surface area contributed by atoms with Crippen molar-refractivity contribution in [3.8, 4) is 0 Å².